The molecule has 0 fully saturated rings. The van der Waals surface area contributed by atoms with Gasteiger partial charge < -0.3 is 14.7 Å². The third-order valence-corrected chi connectivity index (χ3v) is 3.89. The van der Waals surface area contributed by atoms with E-state index in [2.05, 4.69) is 24.8 Å². The number of anilines is 1. The molecule has 0 spiro atoms. The van der Waals surface area contributed by atoms with E-state index in [1.165, 1.54) is 5.69 Å². The summed E-state index contributed by atoms with van der Waals surface area (Å²) in [6, 6.07) is 8.20. The van der Waals surface area contributed by atoms with Crippen molar-refractivity contribution in [2.75, 3.05) is 31.2 Å². The van der Waals surface area contributed by atoms with Crippen LogP contribution in [0.15, 0.2) is 24.3 Å². The number of nitrogens with zero attached hydrogens (tertiary/aromatic N) is 1. The average Bonchev–Trinajstić information content (AvgIpc) is 2.59. The first-order chi connectivity index (χ1) is 9.68. The van der Waals surface area contributed by atoms with Crippen LogP contribution in [0.5, 0.6) is 0 Å². The van der Waals surface area contributed by atoms with Gasteiger partial charge in [-0.1, -0.05) is 32.0 Å². The number of para-hydroxylation sites is 1. The Hall–Kier alpha value is -1.06. The summed E-state index contributed by atoms with van der Waals surface area (Å²) in [6.07, 6.45) is 2.68. The highest BCUT2D eigenvalue weighted by Crippen LogP contribution is 2.32. The van der Waals surface area contributed by atoms with Crippen molar-refractivity contribution >= 4 is 5.69 Å². The van der Waals surface area contributed by atoms with Gasteiger partial charge in [0.15, 0.2) is 0 Å². The molecule has 3 heteroatoms. The molecule has 0 saturated carbocycles. The second-order valence-electron chi connectivity index (χ2n) is 6.00. The molecule has 1 aliphatic rings. The largest absolute Gasteiger partial charge is 0.388 e. The molecule has 1 unspecified atom stereocenters. The van der Waals surface area contributed by atoms with Crippen LogP contribution in [0, 0.1) is 5.92 Å². The molecule has 0 aromatic heterocycles. The molecular weight excluding hydrogens is 250 g/mol. The predicted molar refractivity (Wildman–Crippen MR) is 83.1 cm³/mol. The lowest BCUT2D eigenvalue weighted by molar-refractivity contribution is 0.129. The van der Waals surface area contributed by atoms with Crippen molar-refractivity contribution in [2.45, 2.75) is 39.2 Å². The number of hydrogen-bond donors (Lipinski definition) is 1. The SMILES string of the molecule is CC(C)CCOCCN1CCCC(O)c2ccccc21. The molecule has 1 aromatic rings. The lowest BCUT2D eigenvalue weighted by Crippen LogP contribution is -2.28. The maximum Gasteiger partial charge on any atom is 0.0810 e. The maximum atomic E-state index is 10.2. The van der Waals surface area contributed by atoms with Crippen LogP contribution in [0.25, 0.3) is 0 Å². The van der Waals surface area contributed by atoms with Gasteiger partial charge in [0.2, 0.25) is 0 Å². The summed E-state index contributed by atoms with van der Waals surface area (Å²) in [4.78, 5) is 2.35. The molecule has 0 amide bonds. The van der Waals surface area contributed by atoms with Gasteiger partial charge in [0.1, 0.15) is 0 Å². The molecule has 3 nitrogen and oxygen atoms in total. The van der Waals surface area contributed by atoms with Crippen molar-refractivity contribution in [3.8, 4) is 0 Å². The van der Waals surface area contributed by atoms with Crippen LogP contribution in [0.1, 0.15) is 44.8 Å². The Balaban J connectivity index is 1.89. The van der Waals surface area contributed by atoms with Crippen LogP contribution in [0.2, 0.25) is 0 Å². The Bertz CT molecular complexity index is 406. The minimum absolute atomic E-state index is 0.321. The third kappa shape index (κ3) is 4.22. The number of aliphatic hydroxyl groups excluding tert-OH is 1. The van der Waals surface area contributed by atoms with Crippen molar-refractivity contribution < 1.29 is 9.84 Å². The minimum atomic E-state index is -0.321. The quantitative estimate of drug-likeness (QED) is 0.809. The topological polar surface area (TPSA) is 32.7 Å². The fraction of sp³-hybridized carbons (Fsp3) is 0.647. The molecular formula is C17H27NO2. The number of hydrogen-bond acceptors (Lipinski definition) is 3. The van der Waals surface area contributed by atoms with Crippen molar-refractivity contribution in [2.24, 2.45) is 5.92 Å². The molecule has 20 heavy (non-hydrogen) atoms. The third-order valence-electron chi connectivity index (χ3n) is 3.89. The summed E-state index contributed by atoms with van der Waals surface area (Å²) >= 11 is 0. The smallest absolute Gasteiger partial charge is 0.0810 e. The Morgan fingerprint density at radius 3 is 2.90 bits per heavy atom. The molecule has 1 heterocycles. The van der Waals surface area contributed by atoms with Gasteiger partial charge in [-0.05, 0) is 31.2 Å². The van der Waals surface area contributed by atoms with Crippen LogP contribution in [-0.2, 0) is 4.74 Å². The van der Waals surface area contributed by atoms with E-state index in [1.54, 1.807) is 0 Å². The van der Waals surface area contributed by atoms with E-state index in [0.717, 1.165) is 51.1 Å². The fourth-order valence-corrected chi connectivity index (χ4v) is 2.64. The molecule has 1 N–H and O–H groups in total. The lowest BCUT2D eigenvalue weighted by atomic mass is 10.0. The maximum absolute atomic E-state index is 10.2. The van der Waals surface area contributed by atoms with Crippen molar-refractivity contribution in [1.82, 2.24) is 0 Å². The Kier molecular flexibility index (Phi) is 5.86. The lowest BCUT2D eigenvalue weighted by Gasteiger charge is -2.25. The van der Waals surface area contributed by atoms with E-state index in [1.807, 2.05) is 18.2 Å². The first-order valence-corrected chi connectivity index (χ1v) is 7.78. The van der Waals surface area contributed by atoms with Crippen LogP contribution in [-0.4, -0.2) is 31.4 Å². The zero-order chi connectivity index (χ0) is 14.4. The van der Waals surface area contributed by atoms with E-state index in [9.17, 15) is 5.11 Å². The van der Waals surface area contributed by atoms with Crippen molar-refractivity contribution in [3.63, 3.8) is 0 Å². The first kappa shape index (κ1) is 15.3. The Labute approximate surface area is 122 Å². The van der Waals surface area contributed by atoms with Crippen LogP contribution < -0.4 is 4.90 Å². The standard InChI is InChI=1S/C17H27NO2/c1-14(2)9-12-20-13-11-18-10-5-8-17(19)15-6-3-4-7-16(15)18/h3-4,6-7,14,17,19H,5,8-13H2,1-2H3. The summed E-state index contributed by atoms with van der Waals surface area (Å²) in [5.74, 6) is 0.698. The van der Waals surface area contributed by atoms with E-state index in [-0.39, 0.29) is 6.10 Å². The van der Waals surface area contributed by atoms with Crippen molar-refractivity contribution in [3.05, 3.63) is 29.8 Å². The van der Waals surface area contributed by atoms with Gasteiger partial charge in [0.25, 0.3) is 0 Å². The van der Waals surface area contributed by atoms with Crippen LogP contribution >= 0.6 is 0 Å². The molecule has 1 aliphatic heterocycles. The van der Waals surface area contributed by atoms with Gasteiger partial charge in [-0.3, -0.25) is 0 Å². The van der Waals surface area contributed by atoms with E-state index >= 15 is 0 Å². The number of rotatable bonds is 6. The highest BCUT2D eigenvalue weighted by Gasteiger charge is 2.20. The summed E-state index contributed by atoms with van der Waals surface area (Å²) in [7, 11) is 0. The summed E-state index contributed by atoms with van der Waals surface area (Å²) in [5, 5.41) is 10.2. The zero-order valence-corrected chi connectivity index (χ0v) is 12.7. The van der Waals surface area contributed by atoms with Crippen LogP contribution in [0.4, 0.5) is 5.69 Å². The second kappa shape index (κ2) is 7.65. The van der Waals surface area contributed by atoms with Gasteiger partial charge >= 0.3 is 0 Å². The van der Waals surface area contributed by atoms with Gasteiger partial charge in [-0.2, -0.15) is 0 Å². The van der Waals surface area contributed by atoms with Gasteiger partial charge in [0, 0.05) is 30.9 Å². The average molecular weight is 277 g/mol. The zero-order valence-electron chi connectivity index (χ0n) is 12.7. The predicted octanol–water partition coefficient (Wildman–Crippen LogP) is 3.38. The fourth-order valence-electron chi connectivity index (χ4n) is 2.64. The molecule has 0 aliphatic carbocycles. The first-order valence-electron chi connectivity index (χ1n) is 7.78. The monoisotopic (exact) mass is 277 g/mol. The molecule has 2 rings (SSSR count). The Morgan fingerprint density at radius 1 is 1.30 bits per heavy atom. The van der Waals surface area contributed by atoms with Crippen molar-refractivity contribution in [1.29, 1.82) is 0 Å². The number of ether oxygens (including phenoxy) is 1. The van der Waals surface area contributed by atoms with E-state index in [0.29, 0.717) is 5.92 Å². The summed E-state index contributed by atoms with van der Waals surface area (Å²) in [6.45, 7) is 7.95. The number of benzene rings is 1. The molecule has 0 bridgehead atoms. The molecule has 1 aromatic carbocycles. The Morgan fingerprint density at radius 2 is 2.10 bits per heavy atom. The number of fused-ring (bicyclic) bond motifs is 1. The normalized spacial score (nSPS) is 19.0. The summed E-state index contributed by atoms with van der Waals surface area (Å²) in [5.41, 5.74) is 2.23. The van der Waals surface area contributed by atoms with Crippen LogP contribution in [0.3, 0.4) is 0 Å². The molecule has 1 atom stereocenters. The number of aliphatic hydroxyl groups is 1. The molecule has 0 radical (unpaired) electrons. The van der Waals surface area contributed by atoms with E-state index < -0.39 is 0 Å². The van der Waals surface area contributed by atoms with Gasteiger partial charge in [-0.25, -0.2) is 0 Å². The second-order valence-corrected chi connectivity index (χ2v) is 6.00. The highest BCUT2D eigenvalue weighted by atomic mass is 16.5. The summed E-state index contributed by atoms with van der Waals surface area (Å²) < 4.78 is 5.73. The molecule has 112 valence electrons. The minimum Gasteiger partial charge on any atom is -0.388 e. The van der Waals surface area contributed by atoms with Gasteiger partial charge in [0.05, 0.1) is 12.7 Å². The van der Waals surface area contributed by atoms with Gasteiger partial charge in [-0.15, -0.1) is 0 Å². The highest BCUT2D eigenvalue weighted by molar-refractivity contribution is 5.55. The molecule has 0 saturated heterocycles. The van der Waals surface area contributed by atoms with E-state index in [4.69, 9.17) is 4.74 Å².